The van der Waals surface area contributed by atoms with Crippen LogP contribution in [0.15, 0.2) is 91.0 Å². The largest absolute Gasteiger partial charge is 0.497 e. The molecule has 0 aliphatic rings. The van der Waals surface area contributed by atoms with Crippen molar-refractivity contribution in [1.82, 2.24) is 13.3 Å². The molecule has 6 rings (SSSR count). The third-order valence-corrected chi connectivity index (χ3v) is 7.35. The molecule has 0 saturated carbocycles. The number of hydrogen-bond donors (Lipinski definition) is 0. The smallest absolute Gasteiger partial charge is 0.355 e. The normalized spacial score (nSPS) is 11.2. The molecule has 0 bridgehead atoms. The number of carbonyl (C=O) groups excluding carboxylic acids is 1. The maximum absolute atomic E-state index is 13.6. The van der Waals surface area contributed by atoms with E-state index >= 15 is 0 Å². The highest BCUT2D eigenvalue weighted by Crippen LogP contribution is 2.38. The van der Waals surface area contributed by atoms with E-state index in [1.54, 1.807) is 7.11 Å². The number of benzene rings is 4. The second-order valence-electron chi connectivity index (χ2n) is 9.30. The van der Waals surface area contributed by atoms with Crippen molar-refractivity contribution in [2.24, 2.45) is 0 Å². The summed E-state index contributed by atoms with van der Waals surface area (Å²) < 4.78 is 27.9. The van der Waals surface area contributed by atoms with E-state index in [1.165, 1.54) is 11.7 Å². The molecule has 8 heteroatoms. The van der Waals surface area contributed by atoms with Crippen molar-refractivity contribution in [3.05, 3.63) is 108 Å². The Hall–Kier alpha value is -4.69. The van der Waals surface area contributed by atoms with Gasteiger partial charge >= 0.3 is 5.97 Å². The first-order valence-corrected chi connectivity index (χ1v) is 13.7. The lowest BCUT2D eigenvalue weighted by Crippen LogP contribution is -2.14. The Balaban J connectivity index is 1.52. The molecular weight excluding hydrogens is 522 g/mol. The number of aromatic nitrogens is 3. The first kappa shape index (κ1) is 25.6. The molecule has 0 spiro atoms. The zero-order valence-corrected chi connectivity index (χ0v) is 23.0. The van der Waals surface area contributed by atoms with Gasteiger partial charge in [0.1, 0.15) is 34.8 Å². The Bertz CT molecular complexity index is 1790. The molecule has 2 aromatic heterocycles. The van der Waals surface area contributed by atoms with E-state index in [9.17, 15) is 4.79 Å². The van der Waals surface area contributed by atoms with Gasteiger partial charge < -0.3 is 18.8 Å². The Morgan fingerprint density at radius 3 is 2.40 bits per heavy atom. The van der Waals surface area contributed by atoms with E-state index in [4.69, 9.17) is 14.2 Å². The van der Waals surface area contributed by atoms with E-state index in [2.05, 4.69) is 8.75 Å². The van der Waals surface area contributed by atoms with Gasteiger partial charge in [-0.15, -0.1) is 0 Å². The molecule has 6 aromatic rings. The predicted octanol–water partition coefficient (Wildman–Crippen LogP) is 7.13. The molecule has 0 fully saturated rings. The fourth-order valence-corrected chi connectivity index (χ4v) is 5.41. The van der Waals surface area contributed by atoms with E-state index in [-0.39, 0.29) is 12.6 Å². The van der Waals surface area contributed by atoms with Crippen molar-refractivity contribution < 1.29 is 19.0 Å². The van der Waals surface area contributed by atoms with Gasteiger partial charge in [-0.05, 0) is 60.0 Å². The van der Waals surface area contributed by atoms with Crippen LogP contribution in [0.3, 0.4) is 0 Å². The summed E-state index contributed by atoms with van der Waals surface area (Å²) in [7, 11) is 1.64. The van der Waals surface area contributed by atoms with E-state index in [0.29, 0.717) is 24.6 Å². The van der Waals surface area contributed by atoms with Gasteiger partial charge in [0, 0.05) is 23.6 Å². The van der Waals surface area contributed by atoms with Gasteiger partial charge in [-0.2, -0.15) is 8.75 Å². The van der Waals surface area contributed by atoms with Crippen LogP contribution in [0, 0.1) is 0 Å². The first-order chi connectivity index (χ1) is 19.6. The first-order valence-electron chi connectivity index (χ1n) is 13.0. The molecular formula is C32H27N3O4S. The predicted molar refractivity (Wildman–Crippen MR) is 157 cm³/mol. The SMILES string of the molecule is CCOC(=O)c1c(-c2ccc(OC)cc2)c2ccc(OCc3ccccc3)cc2n1Cc1ccc2nsnc2c1. The summed E-state index contributed by atoms with van der Waals surface area (Å²) in [5.74, 6) is 1.07. The Labute approximate surface area is 235 Å². The Morgan fingerprint density at radius 1 is 0.850 bits per heavy atom. The molecule has 0 unspecified atom stereocenters. The second kappa shape index (κ2) is 11.2. The molecule has 0 atom stereocenters. The van der Waals surface area contributed by atoms with Gasteiger partial charge in [0.2, 0.25) is 0 Å². The van der Waals surface area contributed by atoms with Crippen LogP contribution in [0.25, 0.3) is 33.1 Å². The highest BCUT2D eigenvalue weighted by atomic mass is 32.1. The molecule has 0 aliphatic carbocycles. The van der Waals surface area contributed by atoms with Crippen LogP contribution in [0.5, 0.6) is 11.5 Å². The summed E-state index contributed by atoms with van der Waals surface area (Å²) in [6.07, 6.45) is 0. The summed E-state index contributed by atoms with van der Waals surface area (Å²) in [5.41, 5.74) is 6.82. The minimum Gasteiger partial charge on any atom is -0.497 e. The lowest BCUT2D eigenvalue weighted by atomic mass is 10.0. The van der Waals surface area contributed by atoms with Crippen molar-refractivity contribution in [2.75, 3.05) is 13.7 Å². The lowest BCUT2D eigenvalue weighted by Gasteiger charge is -2.13. The van der Waals surface area contributed by atoms with Gasteiger partial charge in [-0.3, -0.25) is 0 Å². The van der Waals surface area contributed by atoms with E-state index < -0.39 is 0 Å². The number of rotatable bonds is 9. The van der Waals surface area contributed by atoms with Gasteiger partial charge in [0.15, 0.2) is 0 Å². The number of hydrogen-bond acceptors (Lipinski definition) is 7. The molecule has 0 N–H and O–H groups in total. The Morgan fingerprint density at radius 2 is 1.62 bits per heavy atom. The molecule has 0 amide bonds. The van der Waals surface area contributed by atoms with Crippen molar-refractivity contribution in [1.29, 1.82) is 0 Å². The minimum absolute atomic E-state index is 0.268. The Kier molecular flexibility index (Phi) is 7.16. The van der Waals surface area contributed by atoms with E-state index in [1.807, 2.05) is 102 Å². The van der Waals surface area contributed by atoms with Crippen molar-refractivity contribution in [3.8, 4) is 22.6 Å². The maximum atomic E-state index is 13.6. The van der Waals surface area contributed by atoms with Crippen LogP contribution in [0.2, 0.25) is 0 Å². The minimum atomic E-state index is -0.382. The third kappa shape index (κ3) is 5.01. The average Bonchev–Trinajstić information content (AvgIpc) is 3.59. The van der Waals surface area contributed by atoms with Crippen LogP contribution in [-0.2, 0) is 17.9 Å². The summed E-state index contributed by atoms with van der Waals surface area (Å²) in [6, 6.07) is 29.7. The quantitative estimate of drug-likeness (QED) is 0.179. The van der Waals surface area contributed by atoms with Crippen LogP contribution >= 0.6 is 11.7 Å². The summed E-state index contributed by atoms with van der Waals surface area (Å²) >= 11 is 1.19. The lowest BCUT2D eigenvalue weighted by molar-refractivity contribution is 0.0516. The molecule has 7 nitrogen and oxygen atoms in total. The zero-order chi connectivity index (χ0) is 27.5. The molecule has 0 aliphatic heterocycles. The summed E-state index contributed by atoms with van der Waals surface area (Å²) in [6.45, 7) is 2.97. The fraction of sp³-hybridized carbons (Fsp3) is 0.156. The standard InChI is InChI=1S/C32H27N3O4S/c1-3-38-32(36)31-30(23-10-12-24(37-2)13-11-23)26-15-14-25(39-20-21-7-5-4-6-8-21)18-29(26)35(31)19-22-9-16-27-28(17-22)34-40-33-27/h4-18H,3,19-20H2,1-2H3. The fourth-order valence-electron chi connectivity index (χ4n) is 4.89. The van der Waals surface area contributed by atoms with Gasteiger partial charge in [-0.1, -0.05) is 48.5 Å². The molecule has 0 radical (unpaired) electrons. The number of esters is 1. The molecule has 200 valence electrons. The number of methoxy groups -OCH3 is 1. The maximum Gasteiger partial charge on any atom is 0.355 e. The molecule has 0 saturated heterocycles. The average molecular weight is 550 g/mol. The molecule has 4 aromatic carbocycles. The number of carbonyl (C=O) groups is 1. The summed E-state index contributed by atoms with van der Waals surface area (Å²) in [4.78, 5) is 13.6. The monoisotopic (exact) mass is 549 g/mol. The summed E-state index contributed by atoms with van der Waals surface area (Å²) in [5, 5.41) is 0.927. The van der Waals surface area contributed by atoms with Crippen molar-refractivity contribution >= 4 is 39.6 Å². The van der Waals surface area contributed by atoms with E-state index in [0.717, 1.165) is 49.9 Å². The topological polar surface area (TPSA) is 75.5 Å². The third-order valence-electron chi connectivity index (χ3n) is 6.79. The molecule has 40 heavy (non-hydrogen) atoms. The number of ether oxygens (including phenoxy) is 3. The van der Waals surface area contributed by atoms with Gasteiger partial charge in [0.05, 0.1) is 31.0 Å². The van der Waals surface area contributed by atoms with Gasteiger partial charge in [-0.25, -0.2) is 4.79 Å². The second-order valence-corrected chi connectivity index (χ2v) is 9.83. The highest BCUT2D eigenvalue weighted by Gasteiger charge is 2.26. The zero-order valence-electron chi connectivity index (χ0n) is 22.2. The van der Waals surface area contributed by atoms with Crippen molar-refractivity contribution in [3.63, 3.8) is 0 Å². The number of nitrogens with zero attached hydrogens (tertiary/aromatic N) is 3. The van der Waals surface area contributed by atoms with Crippen LogP contribution in [-0.4, -0.2) is 33.0 Å². The molecule has 2 heterocycles. The van der Waals surface area contributed by atoms with Crippen LogP contribution in [0.1, 0.15) is 28.5 Å². The van der Waals surface area contributed by atoms with Crippen molar-refractivity contribution in [2.45, 2.75) is 20.1 Å². The highest BCUT2D eigenvalue weighted by molar-refractivity contribution is 7.00. The van der Waals surface area contributed by atoms with Crippen LogP contribution < -0.4 is 9.47 Å². The van der Waals surface area contributed by atoms with Gasteiger partial charge in [0.25, 0.3) is 0 Å². The number of fused-ring (bicyclic) bond motifs is 2. The van der Waals surface area contributed by atoms with Crippen LogP contribution in [0.4, 0.5) is 0 Å².